The predicted octanol–water partition coefficient (Wildman–Crippen LogP) is 2.58. The maximum Gasteiger partial charge on any atom is 0.272 e. The number of hydrogen-bond acceptors (Lipinski definition) is 2. The van der Waals surface area contributed by atoms with Crippen molar-refractivity contribution in [2.45, 2.75) is 6.92 Å². The van der Waals surface area contributed by atoms with E-state index in [4.69, 9.17) is 16.7 Å². The van der Waals surface area contributed by atoms with E-state index in [1.54, 1.807) is 29.9 Å². The van der Waals surface area contributed by atoms with Gasteiger partial charge >= 0.3 is 0 Å². The van der Waals surface area contributed by atoms with Crippen LogP contribution in [0.5, 0.6) is 0 Å². The van der Waals surface area contributed by atoms with E-state index in [9.17, 15) is 4.79 Å². The summed E-state index contributed by atoms with van der Waals surface area (Å²) in [5.74, 6) is 5.16. The second-order valence-electron chi connectivity index (χ2n) is 4.62. The largest absolute Gasteiger partial charge is 0.384 e. The van der Waals surface area contributed by atoms with Crippen LogP contribution in [0.2, 0.25) is 5.02 Å². The van der Waals surface area contributed by atoms with Gasteiger partial charge in [-0.05, 0) is 30.7 Å². The molecule has 2 aromatic rings. The molecule has 1 amide bonds. The molecule has 108 valence electrons. The molecular formula is C16H15ClN2O2. The Morgan fingerprint density at radius 3 is 2.81 bits per heavy atom. The number of amides is 1. The minimum Gasteiger partial charge on any atom is -0.384 e. The maximum atomic E-state index is 12.3. The molecule has 2 N–H and O–H groups in total. The molecular weight excluding hydrogens is 288 g/mol. The van der Waals surface area contributed by atoms with E-state index in [0.717, 1.165) is 5.56 Å². The molecule has 0 saturated carbocycles. The van der Waals surface area contributed by atoms with Gasteiger partial charge in [-0.15, -0.1) is 0 Å². The van der Waals surface area contributed by atoms with Crippen LogP contribution in [0.25, 0.3) is 0 Å². The van der Waals surface area contributed by atoms with Crippen molar-refractivity contribution < 1.29 is 9.90 Å². The normalized spacial score (nSPS) is 9.90. The van der Waals surface area contributed by atoms with Gasteiger partial charge in [0.25, 0.3) is 5.91 Å². The summed E-state index contributed by atoms with van der Waals surface area (Å²) in [6.07, 6.45) is 1.66. The van der Waals surface area contributed by atoms with Crippen LogP contribution in [-0.2, 0) is 7.05 Å². The summed E-state index contributed by atoms with van der Waals surface area (Å²) in [5.41, 5.74) is 2.75. The van der Waals surface area contributed by atoms with Crippen LogP contribution in [0.1, 0.15) is 21.6 Å². The van der Waals surface area contributed by atoms with Crippen LogP contribution in [0.15, 0.2) is 30.5 Å². The number of rotatable bonds is 2. The number of halogens is 1. The first kappa shape index (κ1) is 15.2. The molecule has 0 aliphatic heterocycles. The van der Waals surface area contributed by atoms with Crippen molar-refractivity contribution in [2.24, 2.45) is 7.05 Å². The number of aliphatic hydroxyl groups excluding tert-OH is 1. The second kappa shape index (κ2) is 6.49. The monoisotopic (exact) mass is 302 g/mol. The van der Waals surface area contributed by atoms with Crippen molar-refractivity contribution >= 4 is 23.2 Å². The van der Waals surface area contributed by atoms with Crippen molar-refractivity contribution in [2.75, 3.05) is 11.9 Å². The van der Waals surface area contributed by atoms with Gasteiger partial charge in [0.1, 0.15) is 12.3 Å². The predicted molar refractivity (Wildman–Crippen MR) is 83.5 cm³/mol. The van der Waals surface area contributed by atoms with Gasteiger partial charge in [0.05, 0.1) is 10.7 Å². The van der Waals surface area contributed by atoms with Crippen molar-refractivity contribution in [1.82, 2.24) is 4.57 Å². The van der Waals surface area contributed by atoms with Crippen molar-refractivity contribution in [3.8, 4) is 11.8 Å². The fourth-order valence-electron chi connectivity index (χ4n) is 1.94. The molecule has 0 saturated heterocycles. The van der Waals surface area contributed by atoms with Crippen LogP contribution in [0.3, 0.4) is 0 Å². The highest BCUT2D eigenvalue weighted by molar-refractivity contribution is 6.31. The number of carbonyl (C=O) groups excluding carboxylic acids is 1. The first-order chi connectivity index (χ1) is 10.0. The Labute approximate surface area is 128 Å². The number of carbonyl (C=O) groups is 1. The molecule has 0 spiro atoms. The van der Waals surface area contributed by atoms with Crippen molar-refractivity contribution in [1.29, 1.82) is 0 Å². The molecule has 0 atom stereocenters. The van der Waals surface area contributed by atoms with Gasteiger partial charge in [-0.3, -0.25) is 4.79 Å². The van der Waals surface area contributed by atoms with Gasteiger partial charge in [-0.25, -0.2) is 0 Å². The molecule has 0 aliphatic carbocycles. The molecule has 0 bridgehead atoms. The third-order valence-electron chi connectivity index (χ3n) is 2.93. The van der Waals surface area contributed by atoms with Gasteiger partial charge in [0.15, 0.2) is 0 Å². The lowest BCUT2D eigenvalue weighted by Gasteiger charge is -2.09. The van der Waals surface area contributed by atoms with E-state index >= 15 is 0 Å². The van der Waals surface area contributed by atoms with Crippen LogP contribution in [-0.4, -0.2) is 22.2 Å². The van der Waals surface area contributed by atoms with Gasteiger partial charge in [-0.1, -0.05) is 29.5 Å². The average Bonchev–Trinajstić information content (AvgIpc) is 2.78. The fraction of sp³-hybridized carbons (Fsp3) is 0.188. The Kier molecular flexibility index (Phi) is 4.69. The van der Waals surface area contributed by atoms with E-state index in [-0.39, 0.29) is 12.5 Å². The quantitative estimate of drug-likeness (QED) is 0.838. The summed E-state index contributed by atoms with van der Waals surface area (Å²) in [4.78, 5) is 12.3. The summed E-state index contributed by atoms with van der Waals surface area (Å²) >= 11 is 5.88. The fourth-order valence-corrected chi connectivity index (χ4v) is 2.19. The minimum atomic E-state index is -0.264. The Morgan fingerprint density at radius 1 is 1.43 bits per heavy atom. The number of benzene rings is 1. The standard InChI is InChI=1S/C16H15ClN2O2/c1-11-5-6-14(12(8-11)4-3-7-20)18-16(21)15-9-13(17)10-19(15)2/h5-6,8-10,20H,7H2,1-2H3,(H,18,21). The van der Waals surface area contributed by atoms with Crippen LogP contribution >= 0.6 is 11.6 Å². The third-order valence-corrected chi connectivity index (χ3v) is 3.14. The number of aryl methyl sites for hydroxylation is 2. The Hall–Kier alpha value is -2.22. The molecule has 0 unspecified atom stereocenters. The number of hydrogen-bond donors (Lipinski definition) is 2. The first-order valence-corrected chi connectivity index (χ1v) is 6.72. The maximum absolute atomic E-state index is 12.3. The van der Waals surface area contributed by atoms with E-state index in [2.05, 4.69) is 17.2 Å². The van der Waals surface area contributed by atoms with Crippen molar-refractivity contribution in [3.63, 3.8) is 0 Å². The number of aromatic nitrogens is 1. The molecule has 1 aromatic carbocycles. The van der Waals surface area contributed by atoms with E-state index in [1.807, 2.05) is 19.1 Å². The number of anilines is 1. The zero-order valence-corrected chi connectivity index (χ0v) is 12.5. The summed E-state index contributed by atoms with van der Waals surface area (Å²) in [5, 5.41) is 12.1. The van der Waals surface area contributed by atoms with Crippen LogP contribution in [0, 0.1) is 18.8 Å². The molecule has 4 nitrogen and oxygen atoms in total. The number of nitrogens with zero attached hydrogens (tertiary/aromatic N) is 1. The molecule has 0 fully saturated rings. The number of aliphatic hydroxyl groups is 1. The van der Waals surface area contributed by atoms with Gasteiger partial charge in [0, 0.05) is 18.8 Å². The Morgan fingerprint density at radius 2 is 2.19 bits per heavy atom. The van der Waals surface area contributed by atoms with E-state index in [0.29, 0.717) is 22.0 Å². The minimum absolute atomic E-state index is 0.227. The molecule has 1 heterocycles. The lowest BCUT2D eigenvalue weighted by atomic mass is 10.1. The molecule has 2 rings (SSSR count). The van der Waals surface area contributed by atoms with Crippen molar-refractivity contribution in [3.05, 3.63) is 52.3 Å². The Balaban J connectivity index is 2.31. The zero-order chi connectivity index (χ0) is 15.4. The highest BCUT2D eigenvalue weighted by Gasteiger charge is 2.13. The molecule has 21 heavy (non-hydrogen) atoms. The molecule has 5 heteroatoms. The topological polar surface area (TPSA) is 54.3 Å². The third kappa shape index (κ3) is 3.66. The average molecular weight is 303 g/mol. The summed E-state index contributed by atoms with van der Waals surface area (Å²) < 4.78 is 1.66. The summed E-state index contributed by atoms with van der Waals surface area (Å²) in [6.45, 7) is 1.71. The molecule has 0 aliphatic rings. The molecule has 1 aromatic heterocycles. The van der Waals surface area contributed by atoms with Crippen LogP contribution in [0.4, 0.5) is 5.69 Å². The van der Waals surface area contributed by atoms with Gasteiger partial charge in [-0.2, -0.15) is 0 Å². The van der Waals surface area contributed by atoms with E-state index < -0.39 is 0 Å². The summed E-state index contributed by atoms with van der Waals surface area (Å²) in [7, 11) is 1.75. The Bertz CT molecular complexity index is 738. The lowest BCUT2D eigenvalue weighted by molar-refractivity contribution is 0.101. The smallest absolute Gasteiger partial charge is 0.272 e. The highest BCUT2D eigenvalue weighted by Crippen LogP contribution is 2.19. The highest BCUT2D eigenvalue weighted by atomic mass is 35.5. The number of nitrogens with one attached hydrogen (secondary N) is 1. The van der Waals surface area contributed by atoms with Gasteiger partial charge < -0.3 is 15.0 Å². The van der Waals surface area contributed by atoms with Gasteiger partial charge in [0.2, 0.25) is 0 Å². The second-order valence-corrected chi connectivity index (χ2v) is 5.05. The zero-order valence-electron chi connectivity index (χ0n) is 11.8. The summed E-state index contributed by atoms with van der Waals surface area (Å²) in [6, 6.07) is 7.14. The lowest BCUT2D eigenvalue weighted by Crippen LogP contribution is -2.16. The van der Waals surface area contributed by atoms with E-state index in [1.165, 1.54) is 0 Å². The van der Waals surface area contributed by atoms with Crippen LogP contribution < -0.4 is 5.32 Å². The first-order valence-electron chi connectivity index (χ1n) is 6.35. The molecule has 0 radical (unpaired) electrons. The SMILES string of the molecule is Cc1ccc(NC(=O)c2cc(Cl)cn2C)c(C#CCO)c1.